The summed E-state index contributed by atoms with van der Waals surface area (Å²) in [5, 5.41) is 0. The van der Waals surface area contributed by atoms with Crippen molar-refractivity contribution in [1.29, 1.82) is 0 Å². The predicted octanol–water partition coefficient (Wildman–Crippen LogP) is 4.78. The first-order valence-electron chi connectivity index (χ1n) is 9.08. The maximum absolute atomic E-state index is 13.0. The Morgan fingerprint density at radius 3 is 2.32 bits per heavy atom. The third kappa shape index (κ3) is 6.02. The van der Waals surface area contributed by atoms with Gasteiger partial charge >= 0.3 is 0 Å². The van der Waals surface area contributed by atoms with E-state index >= 15 is 0 Å². The lowest BCUT2D eigenvalue weighted by Gasteiger charge is -2.16. The Labute approximate surface area is 151 Å². The van der Waals surface area contributed by atoms with Gasteiger partial charge < -0.3 is 9.64 Å². The van der Waals surface area contributed by atoms with Crippen molar-refractivity contribution in [3.8, 4) is 5.75 Å². The summed E-state index contributed by atoms with van der Waals surface area (Å²) >= 11 is 0. The molecular formula is C22H29NO2. The number of carbonyl (C=O) groups excluding carboxylic acids is 1. The van der Waals surface area contributed by atoms with Gasteiger partial charge in [0.2, 0.25) is 0 Å². The van der Waals surface area contributed by atoms with Gasteiger partial charge in [0.1, 0.15) is 12.4 Å². The zero-order chi connectivity index (χ0) is 18.1. The molecule has 3 nitrogen and oxygen atoms in total. The van der Waals surface area contributed by atoms with Crippen LogP contribution in [0.25, 0.3) is 0 Å². The van der Waals surface area contributed by atoms with Crippen LogP contribution in [-0.4, -0.2) is 37.9 Å². The highest BCUT2D eigenvalue weighted by atomic mass is 16.5. The fraction of sp³-hybridized carbons (Fsp3) is 0.409. The van der Waals surface area contributed by atoms with Crippen LogP contribution in [0.3, 0.4) is 0 Å². The minimum atomic E-state index is -0.0679. The Morgan fingerprint density at radius 2 is 1.72 bits per heavy atom. The Balaban J connectivity index is 2.07. The van der Waals surface area contributed by atoms with E-state index in [0.29, 0.717) is 6.61 Å². The first-order chi connectivity index (χ1) is 12.1. The van der Waals surface area contributed by atoms with Crippen molar-refractivity contribution in [2.75, 3.05) is 27.2 Å². The van der Waals surface area contributed by atoms with Crippen molar-refractivity contribution in [2.45, 2.75) is 32.1 Å². The summed E-state index contributed by atoms with van der Waals surface area (Å²) < 4.78 is 5.71. The molecule has 0 aliphatic rings. The van der Waals surface area contributed by atoms with E-state index in [1.54, 1.807) is 0 Å². The van der Waals surface area contributed by atoms with E-state index in [1.807, 2.05) is 56.6 Å². The average molecular weight is 339 g/mol. The maximum Gasteiger partial charge on any atom is 0.170 e. The second kappa shape index (κ2) is 10.00. The maximum atomic E-state index is 13.0. The summed E-state index contributed by atoms with van der Waals surface area (Å²) in [6.07, 6.45) is 3.03. The second-order valence-corrected chi connectivity index (χ2v) is 6.65. The molecule has 2 aromatic carbocycles. The van der Waals surface area contributed by atoms with E-state index in [-0.39, 0.29) is 11.7 Å². The predicted molar refractivity (Wildman–Crippen MR) is 104 cm³/mol. The number of ether oxygens (including phenoxy) is 1. The van der Waals surface area contributed by atoms with Gasteiger partial charge in [0.05, 0.1) is 0 Å². The van der Waals surface area contributed by atoms with Gasteiger partial charge in [-0.05, 0) is 50.3 Å². The highest BCUT2D eigenvalue weighted by molar-refractivity contribution is 6.01. The third-order valence-electron chi connectivity index (χ3n) is 4.31. The SMILES string of the molecule is CCCC[C@H](C(=O)c1ccc(OCCN(C)C)cc1)c1ccccc1. The van der Waals surface area contributed by atoms with Crippen LogP contribution in [-0.2, 0) is 0 Å². The highest BCUT2D eigenvalue weighted by Crippen LogP contribution is 2.27. The minimum absolute atomic E-state index is 0.0679. The van der Waals surface area contributed by atoms with Gasteiger partial charge in [-0.15, -0.1) is 0 Å². The fourth-order valence-corrected chi connectivity index (χ4v) is 2.81. The number of hydrogen-bond donors (Lipinski definition) is 0. The molecule has 0 saturated carbocycles. The lowest BCUT2D eigenvalue weighted by atomic mass is 9.86. The van der Waals surface area contributed by atoms with Crippen LogP contribution in [0.4, 0.5) is 0 Å². The molecule has 0 aliphatic carbocycles. The summed E-state index contributed by atoms with van der Waals surface area (Å²) in [7, 11) is 4.04. The minimum Gasteiger partial charge on any atom is -0.492 e. The highest BCUT2D eigenvalue weighted by Gasteiger charge is 2.21. The number of hydrogen-bond acceptors (Lipinski definition) is 3. The molecule has 0 radical (unpaired) electrons. The zero-order valence-electron chi connectivity index (χ0n) is 15.6. The molecule has 0 amide bonds. The molecule has 0 aromatic heterocycles. The largest absolute Gasteiger partial charge is 0.492 e. The molecule has 134 valence electrons. The Morgan fingerprint density at radius 1 is 1.04 bits per heavy atom. The lowest BCUT2D eigenvalue weighted by molar-refractivity contribution is 0.0954. The molecular weight excluding hydrogens is 310 g/mol. The van der Waals surface area contributed by atoms with Crippen LogP contribution in [0.2, 0.25) is 0 Å². The molecule has 2 aromatic rings. The first kappa shape index (κ1) is 19.2. The van der Waals surface area contributed by atoms with Gasteiger partial charge in [-0.2, -0.15) is 0 Å². The number of likely N-dealkylation sites (N-methyl/N-ethyl adjacent to an activating group) is 1. The number of ketones is 1. The van der Waals surface area contributed by atoms with Crippen LogP contribution in [0.15, 0.2) is 54.6 Å². The van der Waals surface area contributed by atoms with Crippen LogP contribution in [0.1, 0.15) is 48.0 Å². The molecule has 3 heteroatoms. The van der Waals surface area contributed by atoms with E-state index in [4.69, 9.17) is 4.74 Å². The van der Waals surface area contributed by atoms with Crippen molar-refractivity contribution in [3.05, 3.63) is 65.7 Å². The quantitative estimate of drug-likeness (QED) is 0.583. The second-order valence-electron chi connectivity index (χ2n) is 6.65. The van der Waals surface area contributed by atoms with Gasteiger partial charge in [0.15, 0.2) is 5.78 Å². The standard InChI is InChI=1S/C22H29NO2/c1-4-5-11-21(18-9-7-6-8-10-18)22(24)19-12-14-20(15-13-19)25-17-16-23(2)3/h6-10,12-15,21H,4-5,11,16-17H2,1-3H3/t21-/m0/s1. The normalized spacial score (nSPS) is 12.2. The molecule has 0 fully saturated rings. The molecule has 0 saturated heterocycles. The number of nitrogens with zero attached hydrogens (tertiary/aromatic N) is 1. The summed E-state index contributed by atoms with van der Waals surface area (Å²) in [5.41, 5.74) is 1.86. The Hall–Kier alpha value is -2.13. The number of unbranched alkanes of at least 4 members (excludes halogenated alkanes) is 1. The van der Waals surface area contributed by atoms with Gasteiger partial charge in [0.25, 0.3) is 0 Å². The molecule has 0 N–H and O–H groups in total. The van der Waals surface area contributed by atoms with E-state index in [9.17, 15) is 4.79 Å². The van der Waals surface area contributed by atoms with Gasteiger partial charge in [-0.25, -0.2) is 0 Å². The molecule has 1 atom stereocenters. The van der Waals surface area contributed by atoms with Gasteiger partial charge in [0, 0.05) is 18.0 Å². The molecule has 0 heterocycles. The summed E-state index contributed by atoms with van der Waals surface area (Å²) in [5.74, 6) is 0.935. The van der Waals surface area contributed by atoms with Crippen molar-refractivity contribution in [3.63, 3.8) is 0 Å². The number of carbonyl (C=O) groups is 1. The lowest BCUT2D eigenvalue weighted by Crippen LogP contribution is -2.19. The van der Waals surface area contributed by atoms with Crippen LogP contribution in [0, 0.1) is 0 Å². The van der Waals surface area contributed by atoms with Crippen LogP contribution in [0.5, 0.6) is 5.75 Å². The molecule has 2 rings (SSSR count). The number of benzene rings is 2. The smallest absolute Gasteiger partial charge is 0.170 e. The summed E-state index contributed by atoms with van der Waals surface area (Å²) in [6, 6.07) is 17.7. The van der Waals surface area contributed by atoms with E-state index in [0.717, 1.165) is 42.7 Å². The number of rotatable bonds is 10. The molecule has 25 heavy (non-hydrogen) atoms. The monoisotopic (exact) mass is 339 g/mol. The number of Topliss-reactive ketones (excluding diaryl/α,β-unsaturated/α-hetero) is 1. The topological polar surface area (TPSA) is 29.5 Å². The first-order valence-corrected chi connectivity index (χ1v) is 9.08. The molecule has 0 bridgehead atoms. The van der Waals surface area contributed by atoms with Gasteiger partial charge in [-0.1, -0.05) is 50.1 Å². The Bertz CT molecular complexity index is 635. The van der Waals surface area contributed by atoms with Crippen molar-refractivity contribution in [2.24, 2.45) is 0 Å². The van der Waals surface area contributed by atoms with Crippen LogP contribution >= 0.6 is 0 Å². The molecule has 0 spiro atoms. The fourth-order valence-electron chi connectivity index (χ4n) is 2.81. The van der Waals surface area contributed by atoms with Crippen molar-refractivity contribution < 1.29 is 9.53 Å². The van der Waals surface area contributed by atoms with Crippen LogP contribution < -0.4 is 4.74 Å². The summed E-state index contributed by atoms with van der Waals surface area (Å²) in [6.45, 7) is 3.67. The molecule has 0 aliphatic heterocycles. The zero-order valence-corrected chi connectivity index (χ0v) is 15.6. The summed E-state index contributed by atoms with van der Waals surface area (Å²) in [4.78, 5) is 15.1. The van der Waals surface area contributed by atoms with E-state index < -0.39 is 0 Å². The average Bonchev–Trinajstić information content (AvgIpc) is 2.63. The Kier molecular flexibility index (Phi) is 7.68. The molecule has 0 unspecified atom stereocenters. The van der Waals surface area contributed by atoms with E-state index in [1.165, 1.54) is 0 Å². The third-order valence-corrected chi connectivity index (χ3v) is 4.31. The van der Waals surface area contributed by atoms with E-state index in [2.05, 4.69) is 24.0 Å². The van der Waals surface area contributed by atoms with Crippen molar-refractivity contribution >= 4 is 5.78 Å². The van der Waals surface area contributed by atoms with Gasteiger partial charge in [-0.3, -0.25) is 4.79 Å². The van der Waals surface area contributed by atoms with Crippen molar-refractivity contribution in [1.82, 2.24) is 4.90 Å².